The van der Waals surface area contributed by atoms with E-state index >= 15 is 0 Å². The van der Waals surface area contributed by atoms with Crippen LogP contribution in [0.5, 0.6) is 0 Å². The summed E-state index contributed by atoms with van der Waals surface area (Å²) in [7, 11) is 0. The van der Waals surface area contributed by atoms with E-state index in [1.165, 1.54) is 0 Å². The average Bonchev–Trinajstić information content (AvgIpc) is 1.27. The zero-order valence-electron chi connectivity index (χ0n) is 5.84. The molecule has 0 rings (SSSR count). The van der Waals surface area contributed by atoms with Crippen LogP contribution in [-0.4, -0.2) is 17.4 Å². The molecular formula is C3H4Li2O5. The van der Waals surface area contributed by atoms with Gasteiger partial charge in [0.15, 0.2) is 0 Å². The van der Waals surface area contributed by atoms with Crippen molar-refractivity contribution in [3.63, 3.8) is 0 Å². The molecule has 0 aromatic carbocycles. The number of carbonyl (C=O) groups is 2. The molecule has 0 aromatic heterocycles. The average molecular weight is 134 g/mol. The Labute approximate surface area is 81.5 Å². The molecule has 0 aliphatic rings. The van der Waals surface area contributed by atoms with Crippen molar-refractivity contribution < 1.29 is 63.0 Å². The van der Waals surface area contributed by atoms with Gasteiger partial charge in [-0.1, -0.05) is 0 Å². The Hall–Kier alpha value is 0.0948. The van der Waals surface area contributed by atoms with Gasteiger partial charge >= 0.3 is 37.7 Å². The number of rotatable bonds is 2. The monoisotopic (exact) mass is 134 g/mol. The molecule has 48 valence electrons. The minimum Gasteiger partial charge on any atom is -0.550 e. The van der Waals surface area contributed by atoms with E-state index in [2.05, 4.69) is 0 Å². The van der Waals surface area contributed by atoms with Crippen LogP contribution < -0.4 is 47.9 Å². The number of carbonyl (C=O) groups excluding carboxylic acids is 2. The van der Waals surface area contributed by atoms with Crippen molar-refractivity contribution in [1.29, 1.82) is 0 Å². The van der Waals surface area contributed by atoms with Crippen LogP contribution in [0, 0.1) is 0 Å². The third kappa shape index (κ3) is 24.3. The Balaban J connectivity index is -0.0000000600. The van der Waals surface area contributed by atoms with Gasteiger partial charge in [0.1, 0.15) is 0 Å². The Kier molecular flexibility index (Phi) is 26.6. The summed E-state index contributed by atoms with van der Waals surface area (Å²) in [6, 6.07) is 0. The predicted molar refractivity (Wildman–Crippen MR) is 18.2 cm³/mol. The molecule has 0 heterocycles. The molecule has 0 saturated heterocycles. The van der Waals surface area contributed by atoms with Gasteiger partial charge in [-0.05, 0) is 0 Å². The summed E-state index contributed by atoms with van der Waals surface area (Å²) in [6.07, 6.45) is -1.03. The molecule has 2 N–H and O–H groups in total. The molecule has 0 spiro atoms. The molecule has 10 heavy (non-hydrogen) atoms. The Morgan fingerprint density at radius 1 is 1.00 bits per heavy atom. The van der Waals surface area contributed by atoms with Gasteiger partial charge in [-0.2, -0.15) is 0 Å². The smallest absolute Gasteiger partial charge is 0.550 e. The van der Waals surface area contributed by atoms with Crippen molar-refractivity contribution in [3.05, 3.63) is 0 Å². The fraction of sp³-hybridized carbons (Fsp3) is 0.333. The molecule has 0 fully saturated rings. The van der Waals surface area contributed by atoms with E-state index in [1.807, 2.05) is 0 Å². The van der Waals surface area contributed by atoms with Gasteiger partial charge in [-0.25, -0.2) is 0 Å². The van der Waals surface area contributed by atoms with Gasteiger partial charge in [0.25, 0.3) is 0 Å². The first-order chi connectivity index (χ1) is 3.13. The number of carboxylic acids is 2. The van der Waals surface area contributed by atoms with Gasteiger partial charge in [0, 0.05) is 18.4 Å². The molecule has 0 atom stereocenters. The minimum absolute atomic E-state index is 0. The molecule has 0 aliphatic carbocycles. The second-order valence-electron chi connectivity index (χ2n) is 0.921. The van der Waals surface area contributed by atoms with Gasteiger partial charge in [0.05, 0.1) is 0 Å². The molecule has 0 radical (unpaired) electrons. The van der Waals surface area contributed by atoms with Crippen LogP contribution in [0.2, 0.25) is 0 Å². The molecular weight excluding hydrogens is 130 g/mol. The molecule has 5 nitrogen and oxygen atoms in total. The summed E-state index contributed by atoms with van der Waals surface area (Å²) < 4.78 is 0. The van der Waals surface area contributed by atoms with Crippen LogP contribution in [0.25, 0.3) is 0 Å². The van der Waals surface area contributed by atoms with Crippen LogP contribution in [0.3, 0.4) is 0 Å². The Bertz CT molecular complexity index is 91.1. The summed E-state index contributed by atoms with van der Waals surface area (Å²) in [5.41, 5.74) is 0. The van der Waals surface area contributed by atoms with Crippen molar-refractivity contribution in [3.8, 4) is 0 Å². The molecule has 0 amide bonds. The molecule has 0 unspecified atom stereocenters. The standard InChI is InChI=1S/C3H4O4.2Li.H2O/c4-2(5)1-3(6)7;;;/h1H2,(H,4,5)(H,6,7);;;1H2/q;2*+1;/p-2. The molecule has 7 heteroatoms. The van der Waals surface area contributed by atoms with Crippen LogP contribution >= 0.6 is 0 Å². The van der Waals surface area contributed by atoms with Gasteiger partial charge in [0.2, 0.25) is 0 Å². The van der Waals surface area contributed by atoms with E-state index in [0.717, 1.165) is 0 Å². The molecule has 0 aliphatic heterocycles. The maximum atomic E-state index is 9.28. The number of hydrogen-bond donors (Lipinski definition) is 0. The van der Waals surface area contributed by atoms with Crippen LogP contribution in [-0.2, 0) is 9.59 Å². The van der Waals surface area contributed by atoms with E-state index in [9.17, 15) is 19.8 Å². The van der Waals surface area contributed by atoms with E-state index in [1.54, 1.807) is 0 Å². The Morgan fingerprint density at radius 3 is 1.20 bits per heavy atom. The van der Waals surface area contributed by atoms with Crippen LogP contribution in [0.15, 0.2) is 0 Å². The normalized spacial score (nSPS) is 5.60. The van der Waals surface area contributed by atoms with Crippen molar-refractivity contribution in [2.75, 3.05) is 0 Å². The number of aliphatic carboxylic acids is 2. The van der Waals surface area contributed by atoms with Gasteiger partial charge in [-0.3, -0.25) is 0 Å². The van der Waals surface area contributed by atoms with Crippen molar-refractivity contribution >= 4 is 11.9 Å². The van der Waals surface area contributed by atoms with Crippen molar-refractivity contribution in [2.24, 2.45) is 0 Å². The van der Waals surface area contributed by atoms with Crippen molar-refractivity contribution in [2.45, 2.75) is 6.42 Å². The maximum Gasteiger partial charge on any atom is 1.00 e. The van der Waals surface area contributed by atoms with Crippen LogP contribution in [0.4, 0.5) is 0 Å². The third-order valence-electron chi connectivity index (χ3n) is 0.289. The van der Waals surface area contributed by atoms with E-state index in [-0.39, 0.29) is 43.2 Å². The first kappa shape index (κ1) is 22.5. The summed E-state index contributed by atoms with van der Waals surface area (Å²) in [5, 5.41) is 18.6. The fourth-order valence-corrected chi connectivity index (χ4v) is 0.118. The largest absolute Gasteiger partial charge is 1.00 e. The maximum absolute atomic E-state index is 9.28. The van der Waals surface area contributed by atoms with Crippen molar-refractivity contribution in [1.82, 2.24) is 0 Å². The topological polar surface area (TPSA) is 112 Å². The molecule has 0 bridgehead atoms. The second-order valence-corrected chi connectivity index (χ2v) is 0.921. The first-order valence-electron chi connectivity index (χ1n) is 1.52. The van der Waals surface area contributed by atoms with E-state index in [0.29, 0.717) is 0 Å². The summed E-state index contributed by atoms with van der Waals surface area (Å²) in [5.74, 6) is -3.25. The summed E-state index contributed by atoms with van der Waals surface area (Å²) in [6.45, 7) is 0. The zero-order valence-corrected chi connectivity index (χ0v) is 5.84. The quantitative estimate of drug-likeness (QED) is 0.275. The van der Waals surface area contributed by atoms with Crippen LogP contribution in [0.1, 0.15) is 6.42 Å². The van der Waals surface area contributed by atoms with Gasteiger partial charge < -0.3 is 25.3 Å². The predicted octanol–water partition coefficient (Wildman–Crippen LogP) is -9.94. The third-order valence-corrected chi connectivity index (χ3v) is 0.289. The van der Waals surface area contributed by atoms with E-state index < -0.39 is 18.4 Å². The SMILES string of the molecule is O.O=C([O-])CC(=O)[O-].[Li+].[Li+]. The molecule has 0 saturated carbocycles. The first-order valence-corrected chi connectivity index (χ1v) is 1.52. The van der Waals surface area contributed by atoms with E-state index in [4.69, 9.17) is 0 Å². The zero-order chi connectivity index (χ0) is 5.86. The Morgan fingerprint density at radius 2 is 1.20 bits per heavy atom. The van der Waals surface area contributed by atoms with Gasteiger partial charge in [-0.15, -0.1) is 0 Å². The molecule has 0 aromatic rings. The minimum atomic E-state index is -1.63. The fourth-order valence-electron chi connectivity index (χ4n) is 0.118. The summed E-state index contributed by atoms with van der Waals surface area (Å²) in [4.78, 5) is 18.6. The second kappa shape index (κ2) is 11.8. The summed E-state index contributed by atoms with van der Waals surface area (Å²) >= 11 is 0. The number of hydrogen-bond acceptors (Lipinski definition) is 4. The number of carboxylic acid groups (broad SMARTS) is 2.